The van der Waals surface area contributed by atoms with E-state index >= 15 is 0 Å². The lowest BCUT2D eigenvalue weighted by Crippen LogP contribution is -2.36. The second-order valence-corrected chi connectivity index (χ2v) is 5.93. The van der Waals surface area contributed by atoms with Gasteiger partial charge >= 0.3 is 0 Å². The molecule has 0 radical (unpaired) electrons. The third kappa shape index (κ3) is 2.91. The summed E-state index contributed by atoms with van der Waals surface area (Å²) < 4.78 is 16.6. The average Bonchev–Trinajstić information content (AvgIpc) is 3.01. The highest BCUT2D eigenvalue weighted by Gasteiger charge is 2.39. The van der Waals surface area contributed by atoms with Gasteiger partial charge in [-0.05, 0) is 25.0 Å². The number of hydrogen-bond acceptors (Lipinski definition) is 5. The normalized spacial score (nSPS) is 17.6. The fourth-order valence-electron chi connectivity index (χ4n) is 2.89. The largest absolute Gasteiger partial charge is 0.381 e. The van der Waals surface area contributed by atoms with Gasteiger partial charge in [0.15, 0.2) is 0 Å². The monoisotopic (exact) mass is 302 g/mol. The van der Waals surface area contributed by atoms with Gasteiger partial charge in [0.1, 0.15) is 5.60 Å². The maximum Gasteiger partial charge on any atom is 0.231 e. The van der Waals surface area contributed by atoms with Crippen molar-refractivity contribution in [1.82, 2.24) is 10.1 Å². The molecule has 2 aromatic rings. The number of methoxy groups -OCH3 is 1. The summed E-state index contributed by atoms with van der Waals surface area (Å²) in [6, 6.07) is 6.40. The molecular weight excluding hydrogens is 280 g/mol. The molecule has 2 heterocycles. The van der Waals surface area contributed by atoms with Gasteiger partial charge < -0.3 is 14.0 Å². The summed E-state index contributed by atoms with van der Waals surface area (Å²) in [4.78, 5) is 4.58. The van der Waals surface area contributed by atoms with Crippen LogP contribution in [0.1, 0.15) is 41.2 Å². The lowest BCUT2D eigenvalue weighted by molar-refractivity contribution is -0.101. The van der Waals surface area contributed by atoms with E-state index in [1.807, 2.05) is 0 Å². The summed E-state index contributed by atoms with van der Waals surface area (Å²) in [7, 11) is 1.70. The summed E-state index contributed by atoms with van der Waals surface area (Å²) >= 11 is 0. The van der Waals surface area contributed by atoms with Gasteiger partial charge in [-0.25, -0.2) is 0 Å². The summed E-state index contributed by atoms with van der Waals surface area (Å²) in [6.45, 7) is 5.51. The van der Waals surface area contributed by atoms with Crippen LogP contribution < -0.4 is 0 Å². The average molecular weight is 302 g/mol. The molecule has 0 N–H and O–H groups in total. The third-order valence-electron chi connectivity index (χ3n) is 4.41. The van der Waals surface area contributed by atoms with Crippen molar-refractivity contribution in [3.05, 3.63) is 46.6 Å². The van der Waals surface area contributed by atoms with E-state index < -0.39 is 5.60 Å². The molecule has 1 saturated heterocycles. The van der Waals surface area contributed by atoms with E-state index in [2.05, 4.69) is 42.2 Å². The maximum absolute atomic E-state index is 5.71. The zero-order chi connectivity index (χ0) is 15.6. The molecule has 0 bridgehead atoms. The first-order valence-electron chi connectivity index (χ1n) is 7.65. The molecule has 118 valence electrons. The van der Waals surface area contributed by atoms with E-state index in [0.717, 1.165) is 12.8 Å². The van der Waals surface area contributed by atoms with Crippen LogP contribution in [0, 0.1) is 13.8 Å². The molecule has 22 heavy (non-hydrogen) atoms. The van der Waals surface area contributed by atoms with E-state index in [1.165, 1.54) is 16.7 Å². The first-order chi connectivity index (χ1) is 10.6. The Kier molecular flexibility index (Phi) is 4.27. The molecule has 0 unspecified atom stereocenters. The van der Waals surface area contributed by atoms with Crippen LogP contribution in [0.2, 0.25) is 0 Å². The highest BCUT2D eigenvalue weighted by atomic mass is 16.5. The van der Waals surface area contributed by atoms with Crippen LogP contribution in [-0.2, 0) is 21.5 Å². The molecular formula is C17H22N2O3. The molecule has 1 aromatic carbocycles. The highest BCUT2D eigenvalue weighted by Crippen LogP contribution is 2.33. The SMILES string of the molecule is COC1(c2noc(Cc3cc(C)ccc3C)n2)CCOCC1. The molecule has 1 aromatic heterocycles. The molecule has 1 aliphatic rings. The Labute approximate surface area is 130 Å². The molecule has 0 saturated carbocycles. The van der Waals surface area contributed by atoms with Gasteiger partial charge in [0.05, 0.1) is 6.42 Å². The Morgan fingerprint density at radius 1 is 1.23 bits per heavy atom. The number of hydrogen-bond donors (Lipinski definition) is 0. The minimum Gasteiger partial charge on any atom is -0.381 e. The van der Waals surface area contributed by atoms with Gasteiger partial charge in [-0.2, -0.15) is 4.98 Å². The van der Waals surface area contributed by atoms with Crippen molar-refractivity contribution in [1.29, 1.82) is 0 Å². The van der Waals surface area contributed by atoms with Crippen molar-refractivity contribution in [2.24, 2.45) is 0 Å². The third-order valence-corrected chi connectivity index (χ3v) is 4.41. The number of nitrogens with zero attached hydrogens (tertiary/aromatic N) is 2. The van der Waals surface area contributed by atoms with E-state index in [1.54, 1.807) is 7.11 Å². The second kappa shape index (κ2) is 6.18. The molecule has 1 fully saturated rings. The Balaban J connectivity index is 1.82. The van der Waals surface area contributed by atoms with Crippen LogP contribution in [0.15, 0.2) is 22.7 Å². The summed E-state index contributed by atoms with van der Waals surface area (Å²) in [5.74, 6) is 1.27. The van der Waals surface area contributed by atoms with Crippen molar-refractivity contribution < 1.29 is 14.0 Å². The van der Waals surface area contributed by atoms with Gasteiger partial charge in [-0.1, -0.05) is 28.9 Å². The fourth-order valence-corrected chi connectivity index (χ4v) is 2.89. The summed E-state index contributed by atoms with van der Waals surface area (Å²) in [5, 5.41) is 4.16. The number of rotatable bonds is 4. The van der Waals surface area contributed by atoms with Crippen molar-refractivity contribution in [3.8, 4) is 0 Å². The molecule has 5 nitrogen and oxygen atoms in total. The Bertz CT molecular complexity index is 645. The van der Waals surface area contributed by atoms with Gasteiger partial charge in [-0.3, -0.25) is 0 Å². The lowest BCUT2D eigenvalue weighted by Gasteiger charge is -2.32. The second-order valence-electron chi connectivity index (χ2n) is 5.93. The number of aromatic nitrogens is 2. The van der Waals surface area contributed by atoms with Crippen LogP contribution in [0.25, 0.3) is 0 Å². The summed E-state index contributed by atoms with van der Waals surface area (Å²) in [6.07, 6.45) is 2.16. The molecule has 0 aliphatic carbocycles. The predicted octanol–water partition coefficient (Wildman–Crippen LogP) is 2.93. The molecule has 0 atom stereocenters. The molecule has 5 heteroatoms. The van der Waals surface area contributed by atoms with Crippen molar-refractivity contribution in [2.45, 2.75) is 38.7 Å². The van der Waals surface area contributed by atoms with Crippen LogP contribution >= 0.6 is 0 Å². The lowest BCUT2D eigenvalue weighted by atomic mass is 9.93. The van der Waals surface area contributed by atoms with Crippen molar-refractivity contribution in [3.63, 3.8) is 0 Å². The first-order valence-corrected chi connectivity index (χ1v) is 7.65. The topological polar surface area (TPSA) is 57.4 Å². The highest BCUT2D eigenvalue weighted by molar-refractivity contribution is 5.32. The van der Waals surface area contributed by atoms with Crippen LogP contribution in [0.5, 0.6) is 0 Å². The van der Waals surface area contributed by atoms with E-state index in [9.17, 15) is 0 Å². The Morgan fingerprint density at radius 2 is 2.00 bits per heavy atom. The van der Waals surface area contributed by atoms with Crippen LogP contribution in [-0.4, -0.2) is 30.5 Å². The predicted molar refractivity (Wildman–Crippen MR) is 81.8 cm³/mol. The number of ether oxygens (including phenoxy) is 2. The maximum atomic E-state index is 5.71. The zero-order valence-electron chi connectivity index (χ0n) is 13.4. The van der Waals surface area contributed by atoms with Crippen molar-refractivity contribution >= 4 is 0 Å². The minimum atomic E-state index is -0.471. The first kappa shape index (κ1) is 15.2. The van der Waals surface area contributed by atoms with E-state index in [-0.39, 0.29) is 0 Å². The van der Waals surface area contributed by atoms with Gasteiger partial charge in [0.2, 0.25) is 11.7 Å². The minimum absolute atomic E-state index is 0.471. The van der Waals surface area contributed by atoms with Gasteiger partial charge in [0, 0.05) is 33.2 Å². The molecule has 1 aliphatic heterocycles. The fraction of sp³-hybridized carbons (Fsp3) is 0.529. The van der Waals surface area contributed by atoms with Crippen LogP contribution in [0.3, 0.4) is 0 Å². The smallest absolute Gasteiger partial charge is 0.231 e. The van der Waals surface area contributed by atoms with Gasteiger partial charge in [-0.15, -0.1) is 0 Å². The zero-order valence-corrected chi connectivity index (χ0v) is 13.4. The Hall–Kier alpha value is -1.72. The van der Waals surface area contributed by atoms with Crippen LogP contribution in [0.4, 0.5) is 0 Å². The van der Waals surface area contributed by atoms with Gasteiger partial charge in [0.25, 0.3) is 0 Å². The summed E-state index contributed by atoms with van der Waals surface area (Å²) in [5.41, 5.74) is 3.21. The molecule has 3 rings (SSSR count). The number of benzene rings is 1. The van der Waals surface area contributed by atoms with E-state index in [4.69, 9.17) is 14.0 Å². The molecule has 0 amide bonds. The molecule has 0 spiro atoms. The standard InChI is InChI=1S/C17H22N2O3/c1-12-4-5-13(2)14(10-12)11-15-18-16(19-22-15)17(20-3)6-8-21-9-7-17/h4-5,10H,6-9,11H2,1-3H3. The Morgan fingerprint density at radius 3 is 2.73 bits per heavy atom. The quantitative estimate of drug-likeness (QED) is 0.869. The van der Waals surface area contributed by atoms with Crippen molar-refractivity contribution in [2.75, 3.05) is 20.3 Å². The van der Waals surface area contributed by atoms with E-state index in [0.29, 0.717) is 31.3 Å². The number of aryl methyl sites for hydroxylation is 2.